The summed E-state index contributed by atoms with van der Waals surface area (Å²) in [6, 6.07) is 14.9. The van der Waals surface area contributed by atoms with Crippen molar-refractivity contribution in [3.8, 4) is 22.9 Å². The maximum absolute atomic E-state index is 14.6. The van der Waals surface area contributed by atoms with E-state index in [2.05, 4.69) is 15.7 Å². The number of hydrogen-bond acceptors (Lipinski definition) is 7. The maximum atomic E-state index is 14.6. The third-order valence-corrected chi connectivity index (χ3v) is 7.92. The lowest BCUT2D eigenvalue weighted by Gasteiger charge is -2.39. The van der Waals surface area contributed by atoms with Crippen LogP contribution >= 0.6 is 11.6 Å². The number of ether oxygens (including phenoxy) is 3. The SMILES string of the molecule is COc1ccc2cc1OCC(=O)NCc1cc(F)cc(c1)O[C@@H]1CCN(C(=O)c3cc(-n4cccn4)ccc3Cl)C[C@@H]1NC2=O. The number of amides is 3. The van der Waals surface area contributed by atoms with Crippen molar-refractivity contribution in [1.29, 1.82) is 0 Å². The molecule has 3 aromatic carbocycles. The van der Waals surface area contributed by atoms with Gasteiger partial charge in [0.25, 0.3) is 17.7 Å². The molecular formula is C32H29ClFN5O6. The average Bonchev–Trinajstić information content (AvgIpc) is 3.58. The van der Waals surface area contributed by atoms with E-state index < -0.39 is 29.8 Å². The molecule has 11 nitrogen and oxygen atoms in total. The van der Waals surface area contributed by atoms with Gasteiger partial charge in [0, 0.05) is 50.1 Å². The zero-order valence-electron chi connectivity index (χ0n) is 24.2. The number of benzene rings is 3. The standard InChI is InChI=1S/C32H29ClFN5O6/c1-43-28-6-3-20-13-29(28)44-18-30(40)35-16-19-11-21(34)14-23(12-19)45-27-7-10-38(17-26(27)37-31(20)41)32(42)24-15-22(4-5-25(24)33)39-9-2-8-36-39/h2-6,8-9,11-15,26-27H,7,10,16-18H2,1H3,(H,35,40)(H,37,41)/t26-,27+/m0/s1. The van der Waals surface area contributed by atoms with Crippen molar-refractivity contribution in [1.82, 2.24) is 25.3 Å². The van der Waals surface area contributed by atoms with Crippen molar-refractivity contribution in [3.63, 3.8) is 0 Å². The minimum Gasteiger partial charge on any atom is -0.493 e. The molecule has 0 spiro atoms. The lowest BCUT2D eigenvalue weighted by molar-refractivity contribution is -0.123. The monoisotopic (exact) mass is 633 g/mol. The fraction of sp³-hybridized carbons (Fsp3) is 0.250. The Labute approximate surface area is 262 Å². The number of rotatable bonds is 3. The van der Waals surface area contributed by atoms with Crippen molar-refractivity contribution in [2.75, 3.05) is 26.8 Å². The first kappa shape index (κ1) is 29.9. The Bertz CT molecular complexity index is 1750. The van der Waals surface area contributed by atoms with Gasteiger partial charge in [-0.25, -0.2) is 9.07 Å². The van der Waals surface area contributed by atoms with E-state index in [1.54, 1.807) is 64.4 Å². The molecular weight excluding hydrogens is 605 g/mol. The van der Waals surface area contributed by atoms with Crippen LogP contribution in [0.5, 0.6) is 17.2 Å². The number of carbonyl (C=O) groups excluding carboxylic acids is 3. The van der Waals surface area contributed by atoms with Gasteiger partial charge in [-0.2, -0.15) is 5.10 Å². The highest BCUT2D eigenvalue weighted by Crippen LogP contribution is 2.30. The number of nitrogens with zero attached hydrogens (tertiary/aromatic N) is 3. The van der Waals surface area contributed by atoms with E-state index in [1.807, 2.05) is 0 Å². The number of aromatic nitrogens is 2. The second-order valence-corrected chi connectivity index (χ2v) is 11.0. The van der Waals surface area contributed by atoms with Gasteiger partial charge in [0.05, 0.1) is 29.4 Å². The van der Waals surface area contributed by atoms with Gasteiger partial charge in [-0.3, -0.25) is 14.4 Å². The van der Waals surface area contributed by atoms with E-state index in [0.29, 0.717) is 23.4 Å². The molecule has 1 aromatic heterocycles. The summed E-state index contributed by atoms with van der Waals surface area (Å²) in [7, 11) is 1.45. The number of halogens is 2. The summed E-state index contributed by atoms with van der Waals surface area (Å²) in [5.74, 6) is -1.02. The molecule has 3 amide bonds. The second-order valence-electron chi connectivity index (χ2n) is 10.6. The Morgan fingerprint density at radius 3 is 2.80 bits per heavy atom. The Morgan fingerprint density at radius 1 is 1.13 bits per heavy atom. The topological polar surface area (TPSA) is 124 Å². The number of nitrogens with one attached hydrogen (secondary N) is 2. The zero-order chi connectivity index (χ0) is 31.5. The molecule has 2 N–H and O–H groups in total. The summed E-state index contributed by atoms with van der Waals surface area (Å²) in [5.41, 5.74) is 1.67. The lowest BCUT2D eigenvalue weighted by atomic mass is 9.99. The molecule has 0 aliphatic carbocycles. The number of piperidine rings is 1. The van der Waals surface area contributed by atoms with Crippen molar-refractivity contribution in [2.24, 2.45) is 0 Å². The van der Waals surface area contributed by atoms with Crippen LogP contribution in [0.3, 0.4) is 0 Å². The van der Waals surface area contributed by atoms with Crippen molar-refractivity contribution < 1.29 is 33.0 Å². The highest BCUT2D eigenvalue weighted by Gasteiger charge is 2.35. The predicted molar refractivity (Wildman–Crippen MR) is 162 cm³/mol. The van der Waals surface area contributed by atoms with Gasteiger partial charge in [0.2, 0.25) is 0 Å². The Hall–Kier alpha value is -5.10. The van der Waals surface area contributed by atoms with Crippen LogP contribution in [0.2, 0.25) is 5.02 Å². The predicted octanol–water partition coefficient (Wildman–Crippen LogP) is 3.77. The van der Waals surface area contributed by atoms with Crippen LogP contribution in [0, 0.1) is 5.82 Å². The molecule has 4 bridgehead atoms. The average molecular weight is 634 g/mol. The van der Waals surface area contributed by atoms with Crippen LogP contribution in [-0.4, -0.2) is 71.4 Å². The molecule has 13 heteroatoms. The van der Waals surface area contributed by atoms with Crippen LogP contribution in [0.25, 0.3) is 5.69 Å². The molecule has 0 unspecified atom stereocenters. The van der Waals surface area contributed by atoms with E-state index in [1.165, 1.54) is 25.3 Å². The summed E-state index contributed by atoms with van der Waals surface area (Å²) in [4.78, 5) is 41.4. The minimum absolute atomic E-state index is 0.0406. The third kappa shape index (κ3) is 6.70. The fourth-order valence-corrected chi connectivity index (χ4v) is 5.55. The molecule has 45 heavy (non-hydrogen) atoms. The molecule has 2 atom stereocenters. The van der Waals surface area contributed by atoms with Gasteiger partial charge in [0.1, 0.15) is 17.7 Å². The smallest absolute Gasteiger partial charge is 0.258 e. The first-order valence-electron chi connectivity index (χ1n) is 14.2. The number of fused-ring (bicyclic) bond motifs is 5. The van der Waals surface area contributed by atoms with Gasteiger partial charge in [-0.05, 0) is 60.2 Å². The van der Waals surface area contributed by atoms with Gasteiger partial charge in [-0.15, -0.1) is 0 Å². The first-order valence-corrected chi connectivity index (χ1v) is 14.6. The maximum Gasteiger partial charge on any atom is 0.258 e. The molecule has 1 fully saturated rings. The normalized spacial score (nSPS) is 18.5. The van der Waals surface area contributed by atoms with E-state index in [4.69, 9.17) is 25.8 Å². The summed E-state index contributed by atoms with van der Waals surface area (Å²) in [6.45, 7) is 0.0667. The minimum atomic E-state index is -0.686. The quantitative estimate of drug-likeness (QED) is 0.352. The molecule has 0 radical (unpaired) electrons. The van der Waals surface area contributed by atoms with Crippen LogP contribution in [0.1, 0.15) is 32.7 Å². The Morgan fingerprint density at radius 2 is 2.00 bits per heavy atom. The second kappa shape index (κ2) is 12.9. The lowest BCUT2D eigenvalue weighted by Crippen LogP contribution is -2.58. The van der Waals surface area contributed by atoms with E-state index in [9.17, 15) is 18.8 Å². The van der Waals surface area contributed by atoms with Crippen molar-refractivity contribution in [2.45, 2.75) is 25.1 Å². The van der Waals surface area contributed by atoms with E-state index in [-0.39, 0.29) is 59.8 Å². The van der Waals surface area contributed by atoms with E-state index in [0.717, 1.165) is 0 Å². The van der Waals surface area contributed by atoms with Crippen molar-refractivity contribution in [3.05, 3.63) is 101 Å². The summed E-state index contributed by atoms with van der Waals surface area (Å²) in [6.07, 6.45) is 3.10. The molecule has 232 valence electrons. The zero-order valence-corrected chi connectivity index (χ0v) is 24.9. The summed E-state index contributed by atoms with van der Waals surface area (Å²) < 4.78 is 33.5. The molecule has 2 aliphatic rings. The van der Waals surface area contributed by atoms with Crippen LogP contribution in [0.15, 0.2) is 73.1 Å². The highest BCUT2D eigenvalue weighted by atomic mass is 35.5. The molecule has 2 aliphatic heterocycles. The van der Waals surface area contributed by atoms with Crippen LogP contribution in [-0.2, 0) is 11.3 Å². The van der Waals surface area contributed by atoms with Crippen molar-refractivity contribution >= 4 is 29.3 Å². The molecule has 3 heterocycles. The number of hydrogen-bond donors (Lipinski definition) is 2. The van der Waals surface area contributed by atoms with Gasteiger partial charge in [-0.1, -0.05) is 11.6 Å². The molecule has 1 saturated heterocycles. The van der Waals surface area contributed by atoms with Gasteiger partial charge < -0.3 is 29.7 Å². The van der Waals surface area contributed by atoms with Gasteiger partial charge in [0.15, 0.2) is 18.1 Å². The van der Waals surface area contributed by atoms with Crippen LogP contribution in [0.4, 0.5) is 4.39 Å². The van der Waals surface area contributed by atoms with Crippen LogP contribution < -0.4 is 24.8 Å². The number of methoxy groups -OCH3 is 1. The number of carbonyl (C=O) groups is 3. The highest BCUT2D eigenvalue weighted by molar-refractivity contribution is 6.33. The number of likely N-dealkylation sites (tertiary alicyclic amines) is 1. The Kier molecular flexibility index (Phi) is 8.56. The largest absolute Gasteiger partial charge is 0.493 e. The first-order chi connectivity index (χ1) is 21.8. The Balaban J connectivity index is 1.31. The molecule has 4 aromatic rings. The third-order valence-electron chi connectivity index (χ3n) is 7.60. The summed E-state index contributed by atoms with van der Waals surface area (Å²) >= 11 is 6.48. The van der Waals surface area contributed by atoms with E-state index >= 15 is 0 Å². The molecule has 6 rings (SSSR count). The van der Waals surface area contributed by atoms with Gasteiger partial charge >= 0.3 is 0 Å². The fourth-order valence-electron chi connectivity index (χ4n) is 5.35. The summed E-state index contributed by atoms with van der Waals surface area (Å²) in [5, 5.41) is 10.2. The molecule has 0 saturated carbocycles.